The van der Waals surface area contributed by atoms with Crippen molar-refractivity contribution in [3.63, 3.8) is 0 Å². The molecule has 200 valence electrons. The van der Waals surface area contributed by atoms with E-state index in [1.807, 2.05) is 25.3 Å². The summed E-state index contributed by atoms with van der Waals surface area (Å²) in [5, 5.41) is 9.43. The van der Waals surface area contributed by atoms with Crippen LogP contribution in [0.3, 0.4) is 0 Å². The van der Waals surface area contributed by atoms with Crippen molar-refractivity contribution in [2.24, 2.45) is 0 Å². The predicted octanol–water partition coefficient (Wildman–Crippen LogP) is 6.16. The van der Waals surface area contributed by atoms with Gasteiger partial charge in [0.05, 0.1) is 6.20 Å². The second kappa shape index (κ2) is 12.1. The molecule has 39 heavy (non-hydrogen) atoms. The van der Waals surface area contributed by atoms with Crippen molar-refractivity contribution in [3.05, 3.63) is 94.1 Å². The van der Waals surface area contributed by atoms with Crippen molar-refractivity contribution in [3.8, 4) is 0 Å². The first kappa shape index (κ1) is 26.5. The first-order valence-electron chi connectivity index (χ1n) is 12.8. The smallest absolute Gasteiger partial charge is 0.267 e. The number of aryl methyl sites for hydroxylation is 1. The zero-order valence-corrected chi connectivity index (χ0v) is 22.4. The van der Waals surface area contributed by atoms with Crippen LogP contribution in [-0.2, 0) is 13.2 Å². The van der Waals surface area contributed by atoms with E-state index in [-0.39, 0.29) is 11.8 Å². The van der Waals surface area contributed by atoms with Gasteiger partial charge in [0.2, 0.25) is 0 Å². The number of hydrogen-bond acceptors (Lipinski definition) is 7. The van der Waals surface area contributed by atoms with Gasteiger partial charge in [-0.2, -0.15) is 0 Å². The predicted molar refractivity (Wildman–Crippen MR) is 152 cm³/mol. The summed E-state index contributed by atoms with van der Waals surface area (Å²) in [6.07, 6.45) is 5.90. The SMILES string of the molecule is Cc1ccc(NC(=O)c2cccc(CF)c2)cc1NC(=O)c1cnc(Nc2ccc(CN3CCCC3)cn2)s1. The fourth-order valence-corrected chi connectivity index (χ4v) is 5.07. The maximum atomic E-state index is 13.0. The molecule has 3 heterocycles. The third-order valence-corrected chi connectivity index (χ3v) is 7.39. The van der Waals surface area contributed by atoms with Crippen LogP contribution in [0.15, 0.2) is 67.0 Å². The topological polar surface area (TPSA) is 99.2 Å². The average molecular weight is 545 g/mol. The number of alkyl halides is 1. The molecule has 0 bridgehead atoms. The molecule has 4 aromatic rings. The Kier molecular flexibility index (Phi) is 8.24. The van der Waals surface area contributed by atoms with Crippen molar-refractivity contribution in [2.45, 2.75) is 33.0 Å². The molecule has 0 spiro atoms. The van der Waals surface area contributed by atoms with Gasteiger partial charge in [-0.25, -0.2) is 14.4 Å². The molecular formula is C29H29FN6O2S. The minimum Gasteiger partial charge on any atom is -0.322 e. The summed E-state index contributed by atoms with van der Waals surface area (Å²) in [5.74, 6) is -0.00296. The van der Waals surface area contributed by atoms with Gasteiger partial charge in [-0.05, 0) is 79.9 Å². The lowest BCUT2D eigenvalue weighted by Crippen LogP contribution is -2.18. The number of nitrogens with one attached hydrogen (secondary N) is 3. The Labute approximate surface area is 230 Å². The van der Waals surface area contributed by atoms with Crippen LogP contribution in [0.5, 0.6) is 0 Å². The molecule has 0 unspecified atom stereocenters. The highest BCUT2D eigenvalue weighted by molar-refractivity contribution is 7.17. The third-order valence-electron chi connectivity index (χ3n) is 6.48. The van der Waals surface area contributed by atoms with Gasteiger partial charge in [-0.15, -0.1) is 0 Å². The number of carbonyl (C=O) groups is 2. The molecule has 1 aliphatic heterocycles. The van der Waals surface area contributed by atoms with Gasteiger partial charge >= 0.3 is 0 Å². The molecule has 1 fully saturated rings. The van der Waals surface area contributed by atoms with Crippen LogP contribution in [0.1, 0.15) is 49.6 Å². The van der Waals surface area contributed by atoms with Crippen LogP contribution in [0, 0.1) is 6.92 Å². The van der Waals surface area contributed by atoms with Crippen molar-refractivity contribution < 1.29 is 14.0 Å². The summed E-state index contributed by atoms with van der Waals surface area (Å²) in [5.41, 5.74) is 3.87. The monoisotopic (exact) mass is 544 g/mol. The maximum absolute atomic E-state index is 13.0. The second-order valence-corrected chi connectivity index (χ2v) is 10.5. The van der Waals surface area contributed by atoms with Crippen LogP contribution >= 0.6 is 11.3 Å². The largest absolute Gasteiger partial charge is 0.322 e. The van der Waals surface area contributed by atoms with E-state index in [1.54, 1.807) is 30.3 Å². The van der Waals surface area contributed by atoms with Gasteiger partial charge in [0.15, 0.2) is 5.13 Å². The highest BCUT2D eigenvalue weighted by atomic mass is 32.1. The number of carbonyl (C=O) groups excluding carboxylic acids is 2. The van der Waals surface area contributed by atoms with Gasteiger partial charge in [-0.3, -0.25) is 14.5 Å². The molecular weight excluding hydrogens is 515 g/mol. The van der Waals surface area contributed by atoms with Crippen LogP contribution in [0.2, 0.25) is 0 Å². The lowest BCUT2D eigenvalue weighted by molar-refractivity contribution is 0.102. The van der Waals surface area contributed by atoms with Gasteiger partial charge < -0.3 is 16.0 Å². The normalized spacial score (nSPS) is 13.3. The number of hydrogen-bond donors (Lipinski definition) is 3. The van der Waals surface area contributed by atoms with E-state index >= 15 is 0 Å². The molecule has 2 amide bonds. The van der Waals surface area contributed by atoms with E-state index in [2.05, 4.69) is 36.9 Å². The number of rotatable bonds is 9. The number of amides is 2. The number of nitrogens with zero attached hydrogens (tertiary/aromatic N) is 3. The molecule has 0 saturated carbocycles. The number of benzene rings is 2. The molecule has 0 aliphatic carbocycles. The minimum atomic E-state index is -0.641. The zero-order valence-electron chi connectivity index (χ0n) is 21.5. The Morgan fingerprint density at radius 3 is 2.56 bits per heavy atom. The van der Waals surface area contributed by atoms with E-state index < -0.39 is 6.67 Å². The summed E-state index contributed by atoms with van der Waals surface area (Å²) in [4.78, 5) is 37.3. The first-order valence-corrected chi connectivity index (χ1v) is 13.6. The van der Waals surface area contributed by atoms with Crippen molar-refractivity contribution >= 4 is 45.5 Å². The highest BCUT2D eigenvalue weighted by Crippen LogP contribution is 2.26. The summed E-state index contributed by atoms with van der Waals surface area (Å²) in [7, 11) is 0. The van der Waals surface area contributed by atoms with Crippen LogP contribution in [0.4, 0.5) is 26.7 Å². The van der Waals surface area contributed by atoms with Gasteiger partial charge in [0, 0.05) is 29.7 Å². The summed E-state index contributed by atoms with van der Waals surface area (Å²) in [6.45, 7) is 4.41. The Hall–Kier alpha value is -4.15. The molecule has 3 N–H and O–H groups in total. The Morgan fingerprint density at radius 1 is 0.949 bits per heavy atom. The van der Waals surface area contributed by atoms with Crippen molar-refractivity contribution in [1.82, 2.24) is 14.9 Å². The Balaban J connectivity index is 1.20. The fourth-order valence-electron chi connectivity index (χ4n) is 4.35. The molecule has 2 aromatic heterocycles. The first-order chi connectivity index (χ1) is 19.0. The van der Waals surface area contributed by atoms with Crippen LogP contribution in [0.25, 0.3) is 0 Å². The molecule has 1 saturated heterocycles. The molecule has 2 aromatic carbocycles. The second-order valence-electron chi connectivity index (χ2n) is 9.46. The van der Waals surface area contributed by atoms with Crippen molar-refractivity contribution in [1.29, 1.82) is 0 Å². The quantitative estimate of drug-likeness (QED) is 0.233. The van der Waals surface area contributed by atoms with Crippen LogP contribution in [-0.4, -0.2) is 39.8 Å². The summed E-state index contributed by atoms with van der Waals surface area (Å²) >= 11 is 1.22. The number of aromatic nitrogens is 2. The Morgan fingerprint density at radius 2 is 1.79 bits per heavy atom. The third kappa shape index (κ3) is 6.84. The summed E-state index contributed by atoms with van der Waals surface area (Å²) in [6, 6.07) is 15.6. The molecule has 10 heteroatoms. The van der Waals surface area contributed by atoms with E-state index in [0.29, 0.717) is 38.3 Å². The Bertz CT molecular complexity index is 1470. The highest BCUT2D eigenvalue weighted by Gasteiger charge is 2.15. The van der Waals surface area contributed by atoms with E-state index in [4.69, 9.17) is 0 Å². The van der Waals surface area contributed by atoms with E-state index in [1.165, 1.54) is 42.0 Å². The standard InChI is InChI=1S/C29H29FN6O2S/c1-19-7-9-23(33-27(37)22-6-4-5-20(13-22)15-30)14-24(19)34-28(38)25-17-32-29(39-25)35-26-10-8-21(16-31-26)18-36-11-2-3-12-36/h4-10,13-14,16-17H,2-3,11-12,15,18H2,1H3,(H,33,37)(H,34,38)(H,31,32,35). The average Bonchev–Trinajstić information content (AvgIpc) is 3.64. The lowest BCUT2D eigenvalue weighted by Gasteiger charge is -2.14. The number of thiazole rings is 1. The maximum Gasteiger partial charge on any atom is 0.267 e. The number of anilines is 4. The molecule has 1 aliphatic rings. The molecule has 8 nitrogen and oxygen atoms in total. The number of halogens is 1. The molecule has 0 atom stereocenters. The molecule has 5 rings (SSSR count). The van der Waals surface area contributed by atoms with Gasteiger partial charge in [0.1, 0.15) is 17.4 Å². The molecule has 0 radical (unpaired) electrons. The van der Waals surface area contributed by atoms with Gasteiger partial charge in [0.25, 0.3) is 11.8 Å². The van der Waals surface area contributed by atoms with Gasteiger partial charge in [-0.1, -0.05) is 35.6 Å². The van der Waals surface area contributed by atoms with Crippen LogP contribution < -0.4 is 16.0 Å². The number of likely N-dealkylation sites (tertiary alicyclic amines) is 1. The zero-order chi connectivity index (χ0) is 27.2. The summed E-state index contributed by atoms with van der Waals surface area (Å²) < 4.78 is 13.0. The van der Waals surface area contributed by atoms with Crippen molar-refractivity contribution in [2.75, 3.05) is 29.0 Å². The van der Waals surface area contributed by atoms with E-state index in [0.717, 1.165) is 25.2 Å². The lowest BCUT2D eigenvalue weighted by atomic mass is 10.1. The minimum absolute atomic E-state index is 0.309. The fraction of sp³-hybridized carbons (Fsp3) is 0.241. The van der Waals surface area contributed by atoms with E-state index in [9.17, 15) is 14.0 Å². The number of pyridine rings is 1.